The summed E-state index contributed by atoms with van der Waals surface area (Å²) in [5.41, 5.74) is 4.84. The van der Waals surface area contributed by atoms with Gasteiger partial charge in [-0.2, -0.15) is 5.10 Å². The van der Waals surface area contributed by atoms with Crippen LogP contribution in [0.15, 0.2) is 30.5 Å². The van der Waals surface area contributed by atoms with Gasteiger partial charge >= 0.3 is 0 Å². The van der Waals surface area contributed by atoms with E-state index in [9.17, 15) is 0 Å². The summed E-state index contributed by atoms with van der Waals surface area (Å²) in [5, 5.41) is 7.69. The van der Waals surface area contributed by atoms with E-state index in [4.69, 9.17) is 0 Å². The number of benzene rings is 1. The molecule has 3 nitrogen and oxygen atoms in total. The lowest BCUT2D eigenvalue weighted by atomic mass is 10.1. The van der Waals surface area contributed by atoms with E-state index < -0.39 is 0 Å². The second-order valence-electron chi connectivity index (χ2n) is 4.28. The smallest absolute Gasteiger partial charge is 0.0671 e. The number of nitrogens with zero attached hydrogens (tertiary/aromatic N) is 2. The highest BCUT2D eigenvalue weighted by molar-refractivity contribution is 5.65. The van der Waals surface area contributed by atoms with E-state index in [-0.39, 0.29) is 0 Å². The third-order valence-electron chi connectivity index (χ3n) is 2.86. The Balaban J connectivity index is 2.20. The molecule has 1 aromatic heterocycles. The minimum Gasteiger partial charge on any atom is -0.313 e. The summed E-state index contributed by atoms with van der Waals surface area (Å²) in [4.78, 5) is 0. The maximum atomic E-state index is 4.36. The first-order chi connectivity index (χ1) is 8.20. The van der Waals surface area contributed by atoms with E-state index in [0.717, 1.165) is 18.8 Å². The molecule has 0 fully saturated rings. The summed E-state index contributed by atoms with van der Waals surface area (Å²) in [6.45, 7) is 6.10. The molecule has 1 heterocycles. The first-order valence-corrected chi connectivity index (χ1v) is 6.01. The van der Waals surface area contributed by atoms with Crippen molar-refractivity contribution in [1.29, 1.82) is 0 Å². The van der Waals surface area contributed by atoms with E-state index in [1.54, 1.807) is 0 Å². The van der Waals surface area contributed by atoms with Gasteiger partial charge in [-0.05, 0) is 24.6 Å². The molecule has 0 bridgehead atoms. The largest absolute Gasteiger partial charge is 0.313 e. The molecule has 1 aromatic carbocycles. The summed E-state index contributed by atoms with van der Waals surface area (Å²) in [6, 6.07) is 8.67. The van der Waals surface area contributed by atoms with Crippen molar-refractivity contribution in [2.45, 2.75) is 20.4 Å². The zero-order chi connectivity index (χ0) is 12.3. The Morgan fingerprint density at radius 2 is 1.94 bits per heavy atom. The minimum absolute atomic E-state index is 0.933. The van der Waals surface area contributed by atoms with E-state index in [2.05, 4.69) is 47.8 Å². The molecular formula is C14H19N3. The van der Waals surface area contributed by atoms with Crippen molar-refractivity contribution >= 4 is 0 Å². The van der Waals surface area contributed by atoms with Crippen molar-refractivity contribution in [3.63, 3.8) is 0 Å². The van der Waals surface area contributed by atoms with Crippen molar-refractivity contribution in [2.75, 3.05) is 6.54 Å². The molecule has 1 N–H and O–H groups in total. The quantitative estimate of drug-likeness (QED) is 0.873. The van der Waals surface area contributed by atoms with Gasteiger partial charge in [0, 0.05) is 25.4 Å². The zero-order valence-electron chi connectivity index (χ0n) is 10.7. The van der Waals surface area contributed by atoms with E-state index in [1.165, 1.54) is 16.7 Å². The highest BCUT2D eigenvalue weighted by Gasteiger charge is 2.05. The van der Waals surface area contributed by atoms with Crippen molar-refractivity contribution in [3.05, 3.63) is 41.7 Å². The average Bonchev–Trinajstić information content (AvgIpc) is 2.66. The van der Waals surface area contributed by atoms with Crippen LogP contribution in [0.2, 0.25) is 0 Å². The predicted octanol–water partition coefficient (Wildman–Crippen LogP) is 2.51. The number of hydrogen-bond donors (Lipinski definition) is 1. The maximum absolute atomic E-state index is 4.36. The van der Waals surface area contributed by atoms with Crippen molar-refractivity contribution in [2.24, 2.45) is 7.05 Å². The Bertz CT molecular complexity index is 483. The monoisotopic (exact) mass is 229 g/mol. The molecular weight excluding hydrogens is 210 g/mol. The predicted molar refractivity (Wildman–Crippen MR) is 70.8 cm³/mol. The Morgan fingerprint density at radius 1 is 1.24 bits per heavy atom. The van der Waals surface area contributed by atoms with Gasteiger partial charge in [-0.15, -0.1) is 0 Å². The van der Waals surface area contributed by atoms with E-state index in [0.29, 0.717) is 0 Å². The fourth-order valence-corrected chi connectivity index (χ4v) is 1.95. The van der Waals surface area contributed by atoms with Crippen LogP contribution in [0.1, 0.15) is 18.2 Å². The number of aryl methyl sites for hydroxylation is 2. The Morgan fingerprint density at radius 3 is 2.47 bits per heavy atom. The first kappa shape index (κ1) is 11.9. The van der Waals surface area contributed by atoms with E-state index in [1.807, 2.05) is 18.7 Å². The normalized spacial score (nSPS) is 10.8. The van der Waals surface area contributed by atoms with Crippen LogP contribution < -0.4 is 5.32 Å². The molecule has 0 saturated carbocycles. The van der Waals surface area contributed by atoms with Gasteiger partial charge in [-0.25, -0.2) is 0 Å². The Kier molecular flexibility index (Phi) is 3.59. The minimum atomic E-state index is 0.933. The summed E-state index contributed by atoms with van der Waals surface area (Å²) >= 11 is 0. The number of nitrogens with one attached hydrogen (secondary N) is 1. The van der Waals surface area contributed by atoms with Crippen LogP contribution >= 0.6 is 0 Å². The first-order valence-electron chi connectivity index (χ1n) is 6.01. The lowest BCUT2D eigenvalue weighted by Crippen LogP contribution is -2.11. The van der Waals surface area contributed by atoms with Gasteiger partial charge in [0.05, 0.1) is 5.69 Å². The van der Waals surface area contributed by atoms with E-state index >= 15 is 0 Å². The second-order valence-corrected chi connectivity index (χ2v) is 4.28. The molecule has 0 unspecified atom stereocenters. The molecule has 0 amide bonds. The molecule has 0 aliphatic rings. The van der Waals surface area contributed by atoms with Crippen molar-refractivity contribution < 1.29 is 0 Å². The highest BCUT2D eigenvalue weighted by atomic mass is 15.2. The van der Waals surface area contributed by atoms with Gasteiger partial charge in [0.1, 0.15) is 0 Å². The average molecular weight is 229 g/mol. The van der Waals surface area contributed by atoms with Gasteiger partial charge in [-0.1, -0.05) is 31.2 Å². The fraction of sp³-hybridized carbons (Fsp3) is 0.357. The lowest BCUT2D eigenvalue weighted by molar-refractivity contribution is 0.727. The van der Waals surface area contributed by atoms with Gasteiger partial charge in [0.15, 0.2) is 0 Å². The molecule has 0 saturated heterocycles. The van der Waals surface area contributed by atoms with Crippen LogP contribution in [-0.4, -0.2) is 16.3 Å². The molecule has 0 aliphatic heterocycles. The molecule has 2 rings (SSSR count). The number of aromatic nitrogens is 2. The molecule has 17 heavy (non-hydrogen) atoms. The Labute approximate surface area is 102 Å². The van der Waals surface area contributed by atoms with Crippen LogP contribution in [-0.2, 0) is 13.6 Å². The summed E-state index contributed by atoms with van der Waals surface area (Å²) in [5.74, 6) is 0. The summed E-state index contributed by atoms with van der Waals surface area (Å²) in [6.07, 6.45) is 2.06. The molecule has 0 spiro atoms. The maximum Gasteiger partial charge on any atom is 0.0671 e. The summed E-state index contributed by atoms with van der Waals surface area (Å²) in [7, 11) is 1.95. The number of rotatable bonds is 4. The van der Waals surface area contributed by atoms with Gasteiger partial charge in [-0.3, -0.25) is 4.68 Å². The van der Waals surface area contributed by atoms with Crippen molar-refractivity contribution in [1.82, 2.24) is 15.1 Å². The van der Waals surface area contributed by atoms with Crippen LogP contribution in [0.4, 0.5) is 0 Å². The van der Waals surface area contributed by atoms with Crippen molar-refractivity contribution in [3.8, 4) is 11.1 Å². The topological polar surface area (TPSA) is 29.9 Å². The molecule has 2 aromatic rings. The molecule has 0 atom stereocenters. The van der Waals surface area contributed by atoms with Crippen LogP contribution in [0, 0.1) is 6.92 Å². The number of hydrogen-bond acceptors (Lipinski definition) is 2. The van der Waals surface area contributed by atoms with Gasteiger partial charge < -0.3 is 5.32 Å². The standard InChI is InChI=1S/C14H19N3/c1-4-15-9-12-5-7-13(8-6-12)14-10-17(3)16-11(14)2/h5-8,10,15H,4,9H2,1-3H3. The van der Waals surface area contributed by atoms with Crippen LogP contribution in [0.25, 0.3) is 11.1 Å². The molecule has 0 radical (unpaired) electrons. The van der Waals surface area contributed by atoms with Gasteiger partial charge in [0.2, 0.25) is 0 Å². The molecule has 0 aliphatic carbocycles. The van der Waals surface area contributed by atoms with Crippen LogP contribution in [0.5, 0.6) is 0 Å². The van der Waals surface area contributed by atoms with Crippen LogP contribution in [0.3, 0.4) is 0 Å². The zero-order valence-corrected chi connectivity index (χ0v) is 10.7. The highest BCUT2D eigenvalue weighted by Crippen LogP contribution is 2.22. The third kappa shape index (κ3) is 2.74. The Hall–Kier alpha value is -1.61. The molecule has 3 heteroatoms. The SMILES string of the molecule is CCNCc1ccc(-c2cn(C)nc2C)cc1. The lowest BCUT2D eigenvalue weighted by Gasteiger charge is -2.04. The summed E-state index contributed by atoms with van der Waals surface area (Å²) < 4.78 is 1.86. The second kappa shape index (κ2) is 5.15. The fourth-order valence-electron chi connectivity index (χ4n) is 1.95. The molecule has 90 valence electrons. The third-order valence-corrected chi connectivity index (χ3v) is 2.86. The van der Waals surface area contributed by atoms with Gasteiger partial charge in [0.25, 0.3) is 0 Å².